The van der Waals surface area contributed by atoms with Gasteiger partial charge in [-0.15, -0.1) is 0 Å². The van der Waals surface area contributed by atoms with Crippen LogP contribution in [-0.2, 0) is 9.53 Å². The molecule has 2 atom stereocenters. The molecule has 3 aromatic rings. The van der Waals surface area contributed by atoms with Crippen molar-refractivity contribution in [3.8, 4) is 0 Å². The molecule has 206 valence electrons. The van der Waals surface area contributed by atoms with E-state index in [4.69, 9.17) is 16.2 Å². The number of ether oxygens (including phenoxy) is 1. The zero-order valence-corrected chi connectivity index (χ0v) is 23.4. The lowest BCUT2D eigenvalue weighted by molar-refractivity contribution is -0.123. The Kier molecular flexibility index (Phi) is 8.51. The standard InChI is InChI=1S/C28H34N6O4S/c1-16-7-12-21(17(2)14-16)34(28(37)25-22(29)23(26(30)35)32-39-25)24(18-8-10-19(11-9-18)33(3)4)27(36)31-15-20-6-5-13-38-20/h7-12,14,20,24H,5-6,13,15,29H2,1-4H3,(H2,30,35)(H,31,36). The second-order valence-electron chi connectivity index (χ2n) is 9.87. The summed E-state index contributed by atoms with van der Waals surface area (Å²) >= 11 is 0.784. The summed E-state index contributed by atoms with van der Waals surface area (Å²) in [6.07, 6.45) is 1.72. The fourth-order valence-electron chi connectivity index (χ4n) is 4.67. The van der Waals surface area contributed by atoms with Crippen molar-refractivity contribution in [2.45, 2.75) is 38.8 Å². The fraction of sp³-hybridized carbons (Fsp3) is 0.357. The highest BCUT2D eigenvalue weighted by Crippen LogP contribution is 2.35. The first-order valence-electron chi connectivity index (χ1n) is 12.7. The van der Waals surface area contributed by atoms with Crippen molar-refractivity contribution in [2.75, 3.05) is 42.8 Å². The SMILES string of the molecule is Cc1ccc(N(C(=O)c2snc(C(N)=O)c2N)C(C(=O)NCC2CCCO2)c2ccc(N(C)C)cc2)c(C)c1. The molecule has 10 nitrogen and oxygen atoms in total. The number of nitrogens with two attached hydrogens (primary N) is 2. The Morgan fingerprint density at radius 3 is 2.44 bits per heavy atom. The minimum Gasteiger partial charge on any atom is -0.395 e. The van der Waals surface area contributed by atoms with Crippen LogP contribution in [0, 0.1) is 13.8 Å². The minimum atomic E-state index is -1.05. The van der Waals surface area contributed by atoms with Gasteiger partial charge < -0.3 is 26.4 Å². The molecule has 1 aromatic heterocycles. The van der Waals surface area contributed by atoms with Gasteiger partial charge in [-0.25, -0.2) is 0 Å². The number of aryl methyl sites for hydroxylation is 2. The smallest absolute Gasteiger partial charge is 0.273 e. The number of nitrogens with zero attached hydrogens (tertiary/aromatic N) is 3. The molecule has 0 saturated carbocycles. The first-order chi connectivity index (χ1) is 18.6. The Hall–Kier alpha value is -3.96. The van der Waals surface area contributed by atoms with Crippen molar-refractivity contribution in [1.82, 2.24) is 9.69 Å². The Balaban J connectivity index is 1.85. The van der Waals surface area contributed by atoms with Gasteiger partial charge in [0, 0.05) is 38.6 Å². The number of nitrogen functional groups attached to an aromatic ring is 1. The minimum absolute atomic E-state index is 0.0330. The highest BCUT2D eigenvalue weighted by molar-refractivity contribution is 7.09. The molecule has 11 heteroatoms. The average Bonchev–Trinajstić information content (AvgIpc) is 3.56. The number of carbonyl (C=O) groups excluding carboxylic acids is 3. The largest absolute Gasteiger partial charge is 0.395 e. The topological polar surface area (TPSA) is 144 Å². The van der Waals surface area contributed by atoms with Crippen LogP contribution in [0.1, 0.15) is 55.7 Å². The lowest BCUT2D eigenvalue weighted by Gasteiger charge is -2.33. The quantitative estimate of drug-likeness (QED) is 0.371. The third kappa shape index (κ3) is 6.04. The summed E-state index contributed by atoms with van der Waals surface area (Å²) in [6.45, 7) is 4.82. The van der Waals surface area contributed by atoms with Crippen LogP contribution in [0.2, 0.25) is 0 Å². The van der Waals surface area contributed by atoms with E-state index >= 15 is 0 Å². The third-order valence-corrected chi connectivity index (χ3v) is 7.60. The number of carbonyl (C=O) groups is 3. The maximum Gasteiger partial charge on any atom is 0.273 e. The van der Waals surface area contributed by atoms with Crippen LogP contribution in [0.25, 0.3) is 0 Å². The van der Waals surface area contributed by atoms with Gasteiger partial charge in [-0.3, -0.25) is 19.3 Å². The first-order valence-corrected chi connectivity index (χ1v) is 13.5. The molecule has 2 heterocycles. The Morgan fingerprint density at radius 1 is 1.15 bits per heavy atom. The number of benzene rings is 2. The molecule has 0 bridgehead atoms. The summed E-state index contributed by atoms with van der Waals surface area (Å²) in [5.41, 5.74) is 15.2. The van der Waals surface area contributed by atoms with Gasteiger partial charge in [0.2, 0.25) is 5.91 Å². The number of rotatable bonds is 9. The van der Waals surface area contributed by atoms with Crippen LogP contribution in [0.15, 0.2) is 42.5 Å². The van der Waals surface area contributed by atoms with E-state index in [0.29, 0.717) is 24.4 Å². The van der Waals surface area contributed by atoms with Crippen LogP contribution in [0.4, 0.5) is 17.1 Å². The van der Waals surface area contributed by atoms with E-state index in [2.05, 4.69) is 9.69 Å². The predicted molar refractivity (Wildman–Crippen MR) is 153 cm³/mol. The number of amides is 3. The summed E-state index contributed by atoms with van der Waals surface area (Å²) in [7, 11) is 3.85. The predicted octanol–water partition coefficient (Wildman–Crippen LogP) is 3.19. The summed E-state index contributed by atoms with van der Waals surface area (Å²) in [4.78, 5) is 43.4. The average molecular weight is 551 g/mol. The molecule has 1 saturated heterocycles. The van der Waals surface area contributed by atoms with Crippen LogP contribution >= 0.6 is 11.5 Å². The van der Waals surface area contributed by atoms with E-state index in [9.17, 15) is 14.4 Å². The number of nitrogens with one attached hydrogen (secondary N) is 1. The van der Waals surface area contributed by atoms with E-state index in [-0.39, 0.29) is 28.3 Å². The van der Waals surface area contributed by atoms with Crippen molar-refractivity contribution in [2.24, 2.45) is 5.73 Å². The second kappa shape index (κ2) is 11.8. The number of hydrogen-bond donors (Lipinski definition) is 3. The highest BCUT2D eigenvalue weighted by Gasteiger charge is 2.37. The zero-order valence-electron chi connectivity index (χ0n) is 22.6. The Labute approximate surface area is 232 Å². The normalized spacial score (nSPS) is 15.5. The van der Waals surface area contributed by atoms with E-state index in [0.717, 1.165) is 41.2 Å². The number of hydrogen-bond acceptors (Lipinski definition) is 8. The Bertz CT molecular complexity index is 1360. The maximum absolute atomic E-state index is 14.2. The molecule has 2 aromatic carbocycles. The van der Waals surface area contributed by atoms with Crippen LogP contribution in [0.5, 0.6) is 0 Å². The van der Waals surface area contributed by atoms with Gasteiger partial charge in [0.25, 0.3) is 11.8 Å². The first kappa shape index (κ1) is 28.1. The van der Waals surface area contributed by atoms with Gasteiger partial charge in [0.05, 0.1) is 11.8 Å². The summed E-state index contributed by atoms with van der Waals surface area (Å²) in [5, 5.41) is 3.00. The van der Waals surface area contributed by atoms with Crippen molar-refractivity contribution in [3.63, 3.8) is 0 Å². The molecule has 4 rings (SSSR count). The molecular weight excluding hydrogens is 516 g/mol. The number of aromatic nitrogens is 1. The number of anilines is 3. The van der Waals surface area contributed by atoms with E-state index < -0.39 is 17.9 Å². The molecule has 39 heavy (non-hydrogen) atoms. The molecule has 0 radical (unpaired) electrons. The monoisotopic (exact) mass is 550 g/mol. The van der Waals surface area contributed by atoms with Gasteiger partial charge in [-0.2, -0.15) is 4.37 Å². The van der Waals surface area contributed by atoms with Gasteiger partial charge in [0.1, 0.15) is 10.9 Å². The molecule has 1 aliphatic rings. The van der Waals surface area contributed by atoms with Crippen molar-refractivity contribution < 1.29 is 19.1 Å². The highest BCUT2D eigenvalue weighted by atomic mass is 32.1. The van der Waals surface area contributed by atoms with Crippen molar-refractivity contribution in [1.29, 1.82) is 0 Å². The Morgan fingerprint density at radius 2 is 1.87 bits per heavy atom. The molecule has 3 amide bonds. The van der Waals surface area contributed by atoms with E-state index in [1.165, 1.54) is 4.90 Å². The lowest BCUT2D eigenvalue weighted by Crippen LogP contribution is -2.46. The summed E-state index contributed by atoms with van der Waals surface area (Å²) < 4.78 is 9.72. The summed E-state index contributed by atoms with van der Waals surface area (Å²) in [6, 6.07) is 12.0. The zero-order chi connectivity index (χ0) is 28.3. The third-order valence-electron chi connectivity index (χ3n) is 6.75. The van der Waals surface area contributed by atoms with Gasteiger partial charge in [0.15, 0.2) is 5.69 Å². The molecule has 2 unspecified atom stereocenters. The van der Waals surface area contributed by atoms with Crippen LogP contribution in [0.3, 0.4) is 0 Å². The van der Waals surface area contributed by atoms with Crippen molar-refractivity contribution in [3.05, 3.63) is 69.7 Å². The fourth-order valence-corrected chi connectivity index (χ4v) is 5.41. The van der Waals surface area contributed by atoms with Gasteiger partial charge in [-0.05, 0) is 67.5 Å². The molecule has 0 aliphatic carbocycles. The molecule has 0 spiro atoms. The molecular formula is C28H34N6O4S. The van der Waals surface area contributed by atoms with Gasteiger partial charge >= 0.3 is 0 Å². The van der Waals surface area contributed by atoms with Crippen LogP contribution < -0.4 is 26.6 Å². The lowest BCUT2D eigenvalue weighted by atomic mass is 10.00. The second-order valence-corrected chi connectivity index (χ2v) is 10.6. The van der Waals surface area contributed by atoms with Gasteiger partial charge in [-0.1, -0.05) is 29.8 Å². The van der Waals surface area contributed by atoms with Crippen LogP contribution in [-0.4, -0.2) is 55.4 Å². The molecule has 1 aliphatic heterocycles. The summed E-state index contributed by atoms with van der Waals surface area (Å²) in [5.74, 6) is -1.75. The molecule has 1 fully saturated rings. The van der Waals surface area contributed by atoms with E-state index in [1.807, 2.05) is 75.3 Å². The molecule has 5 N–H and O–H groups in total. The van der Waals surface area contributed by atoms with Crippen molar-refractivity contribution >= 4 is 46.3 Å². The maximum atomic E-state index is 14.2. The number of primary amides is 1. The van der Waals surface area contributed by atoms with E-state index in [1.54, 1.807) is 0 Å².